The van der Waals surface area contributed by atoms with Crippen molar-refractivity contribution in [2.75, 3.05) is 13.1 Å². The van der Waals surface area contributed by atoms with Crippen molar-refractivity contribution in [2.24, 2.45) is 10.9 Å². The van der Waals surface area contributed by atoms with E-state index in [4.69, 9.17) is 0 Å². The minimum absolute atomic E-state index is 0.295. The molecule has 1 unspecified atom stereocenters. The van der Waals surface area contributed by atoms with Gasteiger partial charge in [-0.3, -0.25) is 4.90 Å². The molecule has 0 aromatic heterocycles. The van der Waals surface area contributed by atoms with E-state index < -0.39 is 0 Å². The highest BCUT2D eigenvalue weighted by Crippen LogP contribution is 2.30. The van der Waals surface area contributed by atoms with Crippen molar-refractivity contribution < 1.29 is 4.79 Å². The van der Waals surface area contributed by atoms with Crippen molar-refractivity contribution >= 4 is 6.08 Å². The third kappa shape index (κ3) is 3.76. The lowest BCUT2D eigenvalue weighted by molar-refractivity contribution is 0.126. The number of benzene rings is 1. The Kier molecular flexibility index (Phi) is 4.52. The van der Waals surface area contributed by atoms with Gasteiger partial charge in [-0.1, -0.05) is 30.3 Å². The first-order chi connectivity index (χ1) is 9.12. The van der Waals surface area contributed by atoms with Gasteiger partial charge in [-0.25, -0.2) is 4.79 Å². The Hall–Kier alpha value is -1.44. The molecule has 3 heteroatoms. The number of piperidine rings is 1. The van der Waals surface area contributed by atoms with Gasteiger partial charge in [0, 0.05) is 13.1 Å². The molecule has 1 aliphatic heterocycles. The highest BCUT2D eigenvalue weighted by Gasteiger charge is 2.33. The van der Waals surface area contributed by atoms with Crippen LogP contribution in [0.5, 0.6) is 0 Å². The molecule has 0 saturated carbocycles. The van der Waals surface area contributed by atoms with E-state index in [0.717, 1.165) is 26.1 Å². The summed E-state index contributed by atoms with van der Waals surface area (Å²) in [6.07, 6.45) is 4.04. The van der Waals surface area contributed by atoms with E-state index in [1.807, 2.05) is 19.9 Å². The van der Waals surface area contributed by atoms with E-state index in [1.165, 1.54) is 12.0 Å². The fourth-order valence-electron chi connectivity index (χ4n) is 2.83. The molecule has 1 fully saturated rings. The monoisotopic (exact) mass is 258 g/mol. The van der Waals surface area contributed by atoms with Gasteiger partial charge in [0.2, 0.25) is 6.08 Å². The SMILES string of the molecule is CC(C)(N=C=O)C1CCCN(Cc2ccccc2)C1. The molecule has 0 spiro atoms. The van der Waals surface area contributed by atoms with Crippen LogP contribution in [-0.2, 0) is 11.3 Å². The molecule has 0 aliphatic carbocycles. The predicted molar refractivity (Wildman–Crippen MR) is 76.6 cm³/mol. The molecule has 0 radical (unpaired) electrons. The Morgan fingerprint density at radius 1 is 1.37 bits per heavy atom. The van der Waals surface area contributed by atoms with Crippen LogP contribution < -0.4 is 0 Å². The maximum absolute atomic E-state index is 10.5. The Balaban J connectivity index is 1.99. The molecule has 1 saturated heterocycles. The van der Waals surface area contributed by atoms with Gasteiger partial charge in [-0.2, -0.15) is 4.99 Å². The van der Waals surface area contributed by atoms with Crippen LogP contribution in [0.4, 0.5) is 0 Å². The molecule has 1 aromatic rings. The van der Waals surface area contributed by atoms with Crippen LogP contribution in [0.3, 0.4) is 0 Å². The Morgan fingerprint density at radius 3 is 2.79 bits per heavy atom. The topological polar surface area (TPSA) is 32.7 Å². The molecule has 19 heavy (non-hydrogen) atoms. The lowest BCUT2D eigenvalue weighted by Crippen LogP contribution is -2.43. The Morgan fingerprint density at radius 2 is 2.11 bits per heavy atom. The molecule has 3 nitrogen and oxygen atoms in total. The summed E-state index contributed by atoms with van der Waals surface area (Å²) in [5.74, 6) is 0.436. The van der Waals surface area contributed by atoms with Crippen LogP contribution in [0.15, 0.2) is 35.3 Å². The normalized spacial score (nSPS) is 20.8. The highest BCUT2D eigenvalue weighted by molar-refractivity contribution is 5.34. The number of aliphatic imine (C=N–C) groups is 1. The van der Waals surface area contributed by atoms with Crippen LogP contribution in [0.2, 0.25) is 0 Å². The van der Waals surface area contributed by atoms with Gasteiger partial charge in [0.15, 0.2) is 0 Å². The van der Waals surface area contributed by atoms with Crippen LogP contribution in [0, 0.1) is 5.92 Å². The zero-order chi connectivity index (χ0) is 13.7. The highest BCUT2D eigenvalue weighted by atomic mass is 16.1. The van der Waals surface area contributed by atoms with Crippen molar-refractivity contribution in [2.45, 2.75) is 38.8 Å². The second-order valence-electron chi connectivity index (χ2n) is 5.92. The Bertz CT molecular complexity index is 449. The van der Waals surface area contributed by atoms with Crippen LogP contribution >= 0.6 is 0 Å². The Labute approximate surface area is 115 Å². The fourth-order valence-corrected chi connectivity index (χ4v) is 2.83. The second-order valence-corrected chi connectivity index (χ2v) is 5.92. The van der Waals surface area contributed by atoms with Crippen molar-refractivity contribution in [3.05, 3.63) is 35.9 Å². The molecular formula is C16H22N2O. The predicted octanol–water partition coefficient (Wildman–Crippen LogP) is 3.01. The average Bonchev–Trinajstić information content (AvgIpc) is 2.40. The summed E-state index contributed by atoms with van der Waals surface area (Å²) >= 11 is 0. The van der Waals surface area contributed by atoms with Crippen LogP contribution in [0.1, 0.15) is 32.3 Å². The first-order valence-corrected chi connectivity index (χ1v) is 6.97. The van der Waals surface area contributed by atoms with Crippen molar-refractivity contribution in [1.82, 2.24) is 4.90 Å². The fraction of sp³-hybridized carbons (Fsp3) is 0.562. The number of likely N-dealkylation sites (tertiary alicyclic amines) is 1. The standard InChI is InChI=1S/C16H22N2O/c1-16(2,17-13-19)15-9-6-10-18(12-15)11-14-7-4-3-5-8-14/h3-5,7-8,15H,6,9-12H2,1-2H3. The maximum atomic E-state index is 10.5. The maximum Gasteiger partial charge on any atom is 0.235 e. The van der Waals surface area contributed by atoms with E-state index in [0.29, 0.717) is 5.92 Å². The molecule has 1 aromatic carbocycles. The zero-order valence-electron chi connectivity index (χ0n) is 11.8. The van der Waals surface area contributed by atoms with Crippen molar-refractivity contribution in [1.29, 1.82) is 0 Å². The number of hydrogen-bond donors (Lipinski definition) is 0. The summed E-state index contributed by atoms with van der Waals surface area (Å²) in [5, 5.41) is 0. The van der Waals surface area contributed by atoms with Gasteiger partial charge in [-0.05, 0) is 44.7 Å². The summed E-state index contributed by atoms with van der Waals surface area (Å²) in [6, 6.07) is 10.5. The second kappa shape index (κ2) is 6.14. The minimum atomic E-state index is -0.295. The van der Waals surface area contributed by atoms with Gasteiger partial charge < -0.3 is 0 Å². The van der Waals surface area contributed by atoms with Gasteiger partial charge >= 0.3 is 0 Å². The molecule has 1 aliphatic rings. The van der Waals surface area contributed by atoms with Gasteiger partial charge in [0.1, 0.15) is 0 Å². The number of carbonyl (C=O) groups excluding carboxylic acids is 1. The molecule has 1 heterocycles. The van der Waals surface area contributed by atoms with Crippen molar-refractivity contribution in [3.8, 4) is 0 Å². The average molecular weight is 258 g/mol. The van der Waals surface area contributed by atoms with E-state index in [2.05, 4.69) is 34.2 Å². The summed E-state index contributed by atoms with van der Waals surface area (Å²) in [5.41, 5.74) is 1.05. The molecule has 2 rings (SSSR count). The van der Waals surface area contributed by atoms with Gasteiger partial charge in [0.05, 0.1) is 5.54 Å². The van der Waals surface area contributed by atoms with E-state index >= 15 is 0 Å². The summed E-state index contributed by atoms with van der Waals surface area (Å²) < 4.78 is 0. The van der Waals surface area contributed by atoms with Crippen LogP contribution in [-0.4, -0.2) is 29.6 Å². The molecular weight excluding hydrogens is 236 g/mol. The van der Waals surface area contributed by atoms with Gasteiger partial charge in [-0.15, -0.1) is 0 Å². The number of rotatable bonds is 4. The number of nitrogens with zero attached hydrogens (tertiary/aromatic N) is 2. The third-order valence-electron chi connectivity index (χ3n) is 4.09. The van der Waals surface area contributed by atoms with E-state index in [-0.39, 0.29) is 5.54 Å². The summed E-state index contributed by atoms with van der Waals surface area (Å²) in [6.45, 7) is 7.20. The summed E-state index contributed by atoms with van der Waals surface area (Å²) in [7, 11) is 0. The smallest absolute Gasteiger partial charge is 0.235 e. The van der Waals surface area contributed by atoms with Crippen molar-refractivity contribution in [3.63, 3.8) is 0 Å². The first-order valence-electron chi connectivity index (χ1n) is 6.97. The lowest BCUT2D eigenvalue weighted by atomic mass is 9.82. The molecule has 102 valence electrons. The third-order valence-corrected chi connectivity index (χ3v) is 4.09. The molecule has 0 N–H and O–H groups in total. The number of hydrogen-bond acceptors (Lipinski definition) is 3. The van der Waals surface area contributed by atoms with E-state index in [9.17, 15) is 4.79 Å². The summed E-state index contributed by atoms with van der Waals surface area (Å²) in [4.78, 5) is 17.0. The molecule has 0 bridgehead atoms. The first kappa shape index (κ1) is 14.0. The quantitative estimate of drug-likeness (QED) is 0.614. The minimum Gasteiger partial charge on any atom is -0.299 e. The largest absolute Gasteiger partial charge is 0.299 e. The number of isocyanates is 1. The molecule has 0 amide bonds. The van der Waals surface area contributed by atoms with Crippen LogP contribution in [0.25, 0.3) is 0 Å². The van der Waals surface area contributed by atoms with Gasteiger partial charge in [0.25, 0.3) is 0 Å². The zero-order valence-corrected chi connectivity index (χ0v) is 11.8. The lowest BCUT2D eigenvalue weighted by Gasteiger charge is -2.38. The van der Waals surface area contributed by atoms with E-state index in [1.54, 1.807) is 6.08 Å². The molecule has 1 atom stereocenters.